The Bertz CT molecular complexity index is 581. The Morgan fingerprint density at radius 3 is 3.22 bits per heavy atom. The van der Waals surface area contributed by atoms with Crippen LogP contribution in [0.5, 0.6) is 11.5 Å². The van der Waals surface area contributed by atoms with Gasteiger partial charge in [0.05, 0.1) is 10.4 Å². The van der Waals surface area contributed by atoms with Crippen molar-refractivity contribution < 1.29 is 14.7 Å². The normalized spacial score (nSPS) is 15.4. The standard InChI is InChI=1S/C12H10N2O3S/c15-14-11-6-17-12-3-8(1-2-10(11)12)16-5-9-4-13-7-18-9/h1-4,7,15H,5-6H2/b14-11-. The van der Waals surface area contributed by atoms with Crippen molar-refractivity contribution in [3.63, 3.8) is 0 Å². The highest BCUT2D eigenvalue weighted by molar-refractivity contribution is 7.09. The van der Waals surface area contributed by atoms with Crippen LogP contribution in [0.15, 0.2) is 35.1 Å². The van der Waals surface area contributed by atoms with Gasteiger partial charge in [-0.2, -0.15) is 0 Å². The number of thiazole rings is 1. The highest BCUT2D eigenvalue weighted by atomic mass is 32.1. The third-order valence-electron chi connectivity index (χ3n) is 2.61. The number of hydrogen-bond acceptors (Lipinski definition) is 6. The summed E-state index contributed by atoms with van der Waals surface area (Å²) < 4.78 is 11.0. The first kappa shape index (κ1) is 11.0. The van der Waals surface area contributed by atoms with Gasteiger partial charge in [-0.3, -0.25) is 4.98 Å². The summed E-state index contributed by atoms with van der Waals surface area (Å²) in [4.78, 5) is 5.05. The maximum absolute atomic E-state index is 8.78. The van der Waals surface area contributed by atoms with Gasteiger partial charge in [-0.05, 0) is 12.1 Å². The Balaban J connectivity index is 1.75. The van der Waals surface area contributed by atoms with Crippen molar-refractivity contribution in [1.29, 1.82) is 0 Å². The molecule has 1 aromatic carbocycles. The predicted molar refractivity (Wildman–Crippen MR) is 66.7 cm³/mol. The Kier molecular flexibility index (Phi) is 2.85. The van der Waals surface area contributed by atoms with Crippen molar-refractivity contribution in [3.05, 3.63) is 40.3 Å². The predicted octanol–water partition coefficient (Wildman–Crippen LogP) is 2.29. The highest BCUT2D eigenvalue weighted by Gasteiger charge is 2.20. The first-order chi connectivity index (χ1) is 8.86. The largest absolute Gasteiger partial charge is 0.488 e. The molecule has 18 heavy (non-hydrogen) atoms. The summed E-state index contributed by atoms with van der Waals surface area (Å²) in [6.45, 7) is 0.786. The first-order valence-electron chi connectivity index (χ1n) is 5.35. The minimum absolute atomic E-state index is 0.296. The number of oxime groups is 1. The second kappa shape index (κ2) is 4.66. The van der Waals surface area contributed by atoms with Gasteiger partial charge in [-0.25, -0.2) is 0 Å². The topological polar surface area (TPSA) is 63.9 Å². The molecule has 0 fully saturated rings. The van der Waals surface area contributed by atoms with Gasteiger partial charge in [0.15, 0.2) is 0 Å². The van der Waals surface area contributed by atoms with Gasteiger partial charge in [-0.1, -0.05) is 5.16 Å². The van der Waals surface area contributed by atoms with Crippen molar-refractivity contribution in [2.75, 3.05) is 6.61 Å². The summed E-state index contributed by atoms with van der Waals surface area (Å²) in [7, 11) is 0. The Labute approximate surface area is 107 Å². The van der Waals surface area contributed by atoms with Crippen LogP contribution in [-0.2, 0) is 6.61 Å². The SMILES string of the molecule is O/N=C1/COc2cc(OCc3cncs3)ccc21. The van der Waals surface area contributed by atoms with E-state index in [4.69, 9.17) is 14.7 Å². The first-order valence-corrected chi connectivity index (χ1v) is 6.23. The van der Waals surface area contributed by atoms with E-state index in [9.17, 15) is 0 Å². The minimum atomic E-state index is 0.296. The van der Waals surface area contributed by atoms with Crippen molar-refractivity contribution >= 4 is 17.0 Å². The molecule has 0 saturated heterocycles. The zero-order valence-electron chi connectivity index (χ0n) is 9.37. The lowest BCUT2D eigenvalue weighted by molar-refractivity contribution is 0.305. The van der Waals surface area contributed by atoms with E-state index in [0.29, 0.717) is 24.7 Å². The fraction of sp³-hybridized carbons (Fsp3) is 0.167. The maximum atomic E-state index is 8.78. The van der Waals surface area contributed by atoms with Crippen molar-refractivity contribution in [3.8, 4) is 11.5 Å². The maximum Gasteiger partial charge on any atom is 0.134 e. The molecule has 0 saturated carbocycles. The molecule has 1 aliphatic rings. The number of benzene rings is 1. The van der Waals surface area contributed by atoms with E-state index in [-0.39, 0.29) is 0 Å². The summed E-state index contributed by atoms with van der Waals surface area (Å²) in [5.74, 6) is 1.41. The zero-order valence-corrected chi connectivity index (χ0v) is 10.2. The third kappa shape index (κ3) is 2.02. The Morgan fingerprint density at radius 2 is 2.44 bits per heavy atom. The average Bonchev–Trinajstić information content (AvgIpc) is 3.05. The van der Waals surface area contributed by atoms with Crippen molar-refractivity contribution in [2.24, 2.45) is 5.16 Å². The lowest BCUT2D eigenvalue weighted by Crippen LogP contribution is -2.01. The zero-order chi connectivity index (χ0) is 12.4. The van der Waals surface area contributed by atoms with Gasteiger partial charge in [0, 0.05) is 17.8 Å². The third-order valence-corrected chi connectivity index (χ3v) is 3.37. The molecule has 0 unspecified atom stereocenters. The number of fused-ring (bicyclic) bond motifs is 1. The summed E-state index contributed by atoms with van der Waals surface area (Å²) in [5.41, 5.74) is 3.12. The second-order valence-corrected chi connectivity index (χ2v) is 4.72. The van der Waals surface area contributed by atoms with E-state index in [1.807, 2.05) is 12.1 Å². The number of nitrogens with zero attached hydrogens (tertiary/aromatic N) is 2. The van der Waals surface area contributed by atoms with Crippen molar-refractivity contribution in [2.45, 2.75) is 6.61 Å². The summed E-state index contributed by atoms with van der Waals surface area (Å²) >= 11 is 1.55. The number of hydrogen-bond donors (Lipinski definition) is 1. The van der Waals surface area contributed by atoms with Crippen LogP contribution in [0, 0.1) is 0 Å². The molecule has 6 heteroatoms. The van der Waals surface area contributed by atoms with Crippen LogP contribution < -0.4 is 9.47 Å². The highest BCUT2D eigenvalue weighted by Crippen LogP contribution is 2.30. The van der Waals surface area contributed by atoms with Crippen LogP contribution in [0.2, 0.25) is 0 Å². The molecule has 1 aromatic heterocycles. The Morgan fingerprint density at radius 1 is 1.50 bits per heavy atom. The molecule has 1 aliphatic heterocycles. The van der Waals surface area contributed by atoms with E-state index in [2.05, 4.69) is 10.1 Å². The van der Waals surface area contributed by atoms with Crippen LogP contribution >= 0.6 is 11.3 Å². The lowest BCUT2D eigenvalue weighted by Gasteiger charge is -2.05. The molecule has 2 aromatic rings. The molecule has 1 N–H and O–H groups in total. The molecular weight excluding hydrogens is 252 g/mol. The number of ether oxygens (including phenoxy) is 2. The van der Waals surface area contributed by atoms with Crippen LogP contribution in [0.4, 0.5) is 0 Å². The monoisotopic (exact) mass is 262 g/mol. The molecule has 5 nitrogen and oxygen atoms in total. The number of aromatic nitrogens is 1. The van der Waals surface area contributed by atoms with E-state index in [1.54, 1.807) is 29.1 Å². The quantitative estimate of drug-likeness (QED) is 0.681. The van der Waals surface area contributed by atoms with Gasteiger partial charge in [0.2, 0.25) is 0 Å². The van der Waals surface area contributed by atoms with Crippen molar-refractivity contribution in [1.82, 2.24) is 4.98 Å². The molecule has 3 rings (SSSR count). The van der Waals surface area contributed by atoms with Crippen LogP contribution in [-0.4, -0.2) is 22.5 Å². The lowest BCUT2D eigenvalue weighted by atomic mass is 10.1. The van der Waals surface area contributed by atoms with E-state index >= 15 is 0 Å². The molecule has 0 bridgehead atoms. The van der Waals surface area contributed by atoms with E-state index < -0.39 is 0 Å². The smallest absolute Gasteiger partial charge is 0.134 e. The Hall–Kier alpha value is -2.08. The summed E-state index contributed by atoms with van der Waals surface area (Å²) in [6, 6.07) is 5.47. The summed E-state index contributed by atoms with van der Waals surface area (Å²) in [6.07, 6.45) is 1.78. The fourth-order valence-corrected chi connectivity index (χ4v) is 2.23. The molecular formula is C12H10N2O3S. The van der Waals surface area contributed by atoms with Crippen LogP contribution in [0.3, 0.4) is 0 Å². The molecule has 0 radical (unpaired) electrons. The molecule has 0 atom stereocenters. The molecule has 92 valence electrons. The summed E-state index contributed by atoms with van der Waals surface area (Å²) in [5, 5.41) is 12.0. The second-order valence-electron chi connectivity index (χ2n) is 3.75. The number of rotatable bonds is 3. The minimum Gasteiger partial charge on any atom is -0.488 e. The van der Waals surface area contributed by atoms with Crippen LogP contribution in [0.1, 0.15) is 10.4 Å². The van der Waals surface area contributed by atoms with Gasteiger partial charge < -0.3 is 14.7 Å². The molecule has 0 spiro atoms. The van der Waals surface area contributed by atoms with Gasteiger partial charge in [-0.15, -0.1) is 11.3 Å². The average molecular weight is 262 g/mol. The molecule has 0 aliphatic carbocycles. The van der Waals surface area contributed by atoms with Gasteiger partial charge in [0.1, 0.15) is 30.4 Å². The fourth-order valence-electron chi connectivity index (χ4n) is 1.72. The van der Waals surface area contributed by atoms with Crippen LogP contribution in [0.25, 0.3) is 0 Å². The molecule has 0 amide bonds. The molecule has 2 heterocycles. The van der Waals surface area contributed by atoms with E-state index in [1.165, 1.54) is 0 Å². The van der Waals surface area contributed by atoms with E-state index in [0.717, 1.165) is 16.2 Å². The van der Waals surface area contributed by atoms with Gasteiger partial charge >= 0.3 is 0 Å². The van der Waals surface area contributed by atoms with Gasteiger partial charge in [0.25, 0.3) is 0 Å².